The number of hydrogen-bond donors (Lipinski definition) is 2. The van der Waals surface area contributed by atoms with Gasteiger partial charge in [-0.1, -0.05) is 109 Å². The van der Waals surface area contributed by atoms with E-state index in [1.165, 1.54) is 0 Å². The number of rotatable bonds is 3. The number of hydrogen-bond acceptors (Lipinski definition) is 5. The van der Waals surface area contributed by atoms with Gasteiger partial charge in [0.15, 0.2) is 5.60 Å². The molecular formula is C31H26O3S2. The number of aliphatic hydroxyl groups is 2. The zero-order valence-corrected chi connectivity index (χ0v) is 21.5. The normalized spacial score (nSPS) is 23.0. The van der Waals surface area contributed by atoms with Gasteiger partial charge in [0.1, 0.15) is 12.2 Å². The molecule has 36 heavy (non-hydrogen) atoms. The number of benzene rings is 3. The van der Waals surface area contributed by atoms with Crippen LogP contribution in [0.1, 0.15) is 30.0 Å². The third-order valence-corrected chi connectivity index (χ3v) is 9.30. The maximum atomic E-state index is 11.9. The van der Waals surface area contributed by atoms with Gasteiger partial charge in [-0.05, 0) is 36.1 Å². The molecule has 3 aromatic rings. The van der Waals surface area contributed by atoms with Gasteiger partial charge < -0.3 is 14.9 Å². The number of allylic oxidation sites excluding steroid dienone is 2. The maximum Gasteiger partial charge on any atom is 0.175 e. The van der Waals surface area contributed by atoms with E-state index in [2.05, 4.69) is 30.9 Å². The van der Waals surface area contributed by atoms with Crippen LogP contribution in [0.3, 0.4) is 0 Å². The van der Waals surface area contributed by atoms with Crippen LogP contribution < -0.4 is 0 Å². The first-order valence-corrected chi connectivity index (χ1v) is 13.7. The van der Waals surface area contributed by atoms with Crippen molar-refractivity contribution in [2.75, 3.05) is 13.2 Å². The standard InChI is InChI=1S/C31H26O3S2/c1-21-15-16-29-25(19-21)30(32,22-9-2-5-12-26(22)36-29)17-8-18-34-20-31(33)23-10-3-6-13-27(23)35-28-14-7-4-11-24(28)31/h2-7,9-16,21,32-33H,18-20H2,1H3/t21-,30-/m1/s1. The van der Waals surface area contributed by atoms with Crippen LogP contribution in [0.5, 0.6) is 0 Å². The van der Waals surface area contributed by atoms with E-state index < -0.39 is 11.2 Å². The quantitative estimate of drug-likeness (QED) is 0.322. The Balaban J connectivity index is 1.27. The lowest BCUT2D eigenvalue weighted by molar-refractivity contribution is -0.0168. The fourth-order valence-electron chi connectivity index (χ4n) is 5.17. The second-order valence-electron chi connectivity index (χ2n) is 9.44. The van der Waals surface area contributed by atoms with Crippen LogP contribution in [0, 0.1) is 17.8 Å². The van der Waals surface area contributed by atoms with Crippen LogP contribution in [0.25, 0.3) is 0 Å². The fraction of sp³-hybridized carbons (Fsp3) is 0.226. The van der Waals surface area contributed by atoms with Crippen LogP contribution in [0.15, 0.2) is 110 Å². The fourth-order valence-corrected chi connectivity index (χ4v) is 7.60. The summed E-state index contributed by atoms with van der Waals surface area (Å²) in [4.78, 5) is 4.15. The van der Waals surface area contributed by atoms with E-state index in [-0.39, 0.29) is 13.2 Å². The summed E-state index contributed by atoms with van der Waals surface area (Å²) in [7, 11) is 0. The third kappa shape index (κ3) is 3.94. The maximum absolute atomic E-state index is 11.9. The summed E-state index contributed by atoms with van der Waals surface area (Å²) >= 11 is 3.35. The first kappa shape index (κ1) is 23.7. The molecule has 2 heterocycles. The largest absolute Gasteiger partial charge is 0.378 e. The van der Waals surface area contributed by atoms with Crippen LogP contribution in [-0.2, 0) is 15.9 Å². The SMILES string of the molecule is C[C@@H]1C=CC2=C(C1)[C@@](O)(C#CCOCC1(O)c3ccccc3Sc3ccccc31)c1ccccc1S2. The van der Waals surface area contributed by atoms with E-state index in [1.807, 2.05) is 72.8 Å². The number of fused-ring (bicyclic) bond motifs is 3. The molecule has 0 aromatic heterocycles. The van der Waals surface area contributed by atoms with Crippen molar-refractivity contribution in [2.24, 2.45) is 5.92 Å². The smallest absolute Gasteiger partial charge is 0.175 e. The second-order valence-corrected chi connectivity index (χ2v) is 11.6. The van der Waals surface area contributed by atoms with E-state index in [9.17, 15) is 10.2 Å². The molecule has 0 unspecified atom stereocenters. The van der Waals surface area contributed by atoms with Crippen molar-refractivity contribution in [3.05, 3.63) is 112 Å². The van der Waals surface area contributed by atoms with Crippen molar-refractivity contribution >= 4 is 23.5 Å². The summed E-state index contributed by atoms with van der Waals surface area (Å²) in [6.45, 7) is 2.33. The molecule has 0 bridgehead atoms. The zero-order chi connectivity index (χ0) is 24.8. The molecule has 3 aromatic carbocycles. The van der Waals surface area contributed by atoms with E-state index in [0.717, 1.165) is 48.3 Å². The van der Waals surface area contributed by atoms with E-state index in [0.29, 0.717) is 5.92 Å². The van der Waals surface area contributed by atoms with Gasteiger partial charge in [-0.25, -0.2) is 0 Å². The summed E-state index contributed by atoms with van der Waals surface area (Å²) in [6.07, 6.45) is 5.07. The van der Waals surface area contributed by atoms with Crippen molar-refractivity contribution < 1.29 is 14.9 Å². The minimum absolute atomic E-state index is 0.0782. The highest BCUT2D eigenvalue weighted by Gasteiger charge is 2.41. The first-order chi connectivity index (χ1) is 17.5. The number of ether oxygens (including phenoxy) is 1. The minimum atomic E-state index is -1.35. The van der Waals surface area contributed by atoms with Crippen LogP contribution in [0.4, 0.5) is 0 Å². The highest BCUT2D eigenvalue weighted by molar-refractivity contribution is 8.03. The van der Waals surface area contributed by atoms with Gasteiger partial charge in [0, 0.05) is 36.3 Å². The van der Waals surface area contributed by atoms with Crippen molar-refractivity contribution in [1.29, 1.82) is 0 Å². The van der Waals surface area contributed by atoms with Gasteiger partial charge >= 0.3 is 0 Å². The minimum Gasteiger partial charge on any atom is -0.378 e. The summed E-state index contributed by atoms with van der Waals surface area (Å²) in [5.74, 6) is 6.58. The monoisotopic (exact) mass is 510 g/mol. The summed E-state index contributed by atoms with van der Waals surface area (Å²) in [5.41, 5.74) is 0.864. The molecular weight excluding hydrogens is 484 g/mol. The molecule has 2 aliphatic heterocycles. The molecule has 180 valence electrons. The number of thioether (sulfide) groups is 1. The third-order valence-electron chi connectivity index (χ3n) is 6.97. The van der Waals surface area contributed by atoms with Crippen LogP contribution in [-0.4, -0.2) is 23.4 Å². The van der Waals surface area contributed by atoms with Crippen LogP contribution >= 0.6 is 23.5 Å². The molecule has 5 heteroatoms. The molecule has 3 nitrogen and oxygen atoms in total. The second kappa shape index (κ2) is 9.30. The highest BCUT2D eigenvalue weighted by Crippen LogP contribution is 2.51. The Labute approximate surface area is 220 Å². The molecule has 3 aliphatic rings. The average Bonchev–Trinajstić information content (AvgIpc) is 2.90. The average molecular weight is 511 g/mol. The molecule has 1 aliphatic carbocycles. The zero-order valence-electron chi connectivity index (χ0n) is 19.9. The Morgan fingerprint density at radius 2 is 1.44 bits per heavy atom. The van der Waals surface area contributed by atoms with E-state index in [4.69, 9.17) is 4.74 Å². The Bertz CT molecular complexity index is 1420. The lowest BCUT2D eigenvalue weighted by Crippen LogP contribution is -2.36. The Kier molecular flexibility index (Phi) is 6.11. The van der Waals surface area contributed by atoms with Crippen LogP contribution in [0.2, 0.25) is 0 Å². The Morgan fingerprint density at radius 1 is 0.861 bits per heavy atom. The first-order valence-electron chi connectivity index (χ1n) is 12.1. The van der Waals surface area contributed by atoms with Gasteiger partial charge in [0.25, 0.3) is 0 Å². The van der Waals surface area contributed by atoms with Crippen molar-refractivity contribution in [1.82, 2.24) is 0 Å². The molecule has 0 amide bonds. The highest BCUT2D eigenvalue weighted by atomic mass is 32.2. The molecule has 0 fully saturated rings. The predicted molar refractivity (Wildman–Crippen MR) is 145 cm³/mol. The van der Waals surface area contributed by atoms with Crippen molar-refractivity contribution in [2.45, 2.75) is 39.2 Å². The summed E-state index contributed by atoms with van der Waals surface area (Å²) in [6, 6.07) is 23.7. The Morgan fingerprint density at radius 3 is 2.11 bits per heavy atom. The lowest BCUT2D eigenvalue weighted by Gasteiger charge is -2.36. The van der Waals surface area contributed by atoms with Gasteiger partial charge in [-0.15, -0.1) is 0 Å². The van der Waals surface area contributed by atoms with E-state index in [1.54, 1.807) is 23.5 Å². The van der Waals surface area contributed by atoms with Gasteiger partial charge in [-0.2, -0.15) is 0 Å². The topological polar surface area (TPSA) is 49.7 Å². The van der Waals surface area contributed by atoms with Gasteiger partial charge in [-0.3, -0.25) is 0 Å². The Hall–Kier alpha value is -2.72. The summed E-state index contributed by atoms with van der Waals surface area (Å²) in [5, 5.41) is 23.7. The van der Waals surface area contributed by atoms with E-state index >= 15 is 0 Å². The molecule has 2 atom stereocenters. The molecule has 0 saturated carbocycles. The predicted octanol–water partition coefficient (Wildman–Crippen LogP) is 6.25. The molecule has 0 spiro atoms. The van der Waals surface area contributed by atoms with Crippen molar-refractivity contribution in [3.63, 3.8) is 0 Å². The molecule has 0 radical (unpaired) electrons. The van der Waals surface area contributed by atoms with Crippen molar-refractivity contribution in [3.8, 4) is 11.8 Å². The van der Waals surface area contributed by atoms with Gasteiger partial charge in [0.05, 0.1) is 6.61 Å². The van der Waals surface area contributed by atoms with Gasteiger partial charge in [0.2, 0.25) is 0 Å². The summed E-state index contributed by atoms with van der Waals surface area (Å²) < 4.78 is 5.99. The molecule has 0 saturated heterocycles. The molecule has 6 rings (SSSR count). The lowest BCUT2D eigenvalue weighted by atomic mass is 9.79. The molecule has 2 N–H and O–H groups in total.